The average molecular weight is 222 g/mol. The first-order chi connectivity index (χ1) is 7.24. The summed E-state index contributed by atoms with van der Waals surface area (Å²) in [6, 6.07) is 0. The van der Waals surface area contributed by atoms with Gasteiger partial charge >= 0.3 is 0 Å². The van der Waals surface area contributed by atoms with Crippen molar-refractivity contribution in [3.63, 3.8) is 0 Å². The third-order valence-corrected chi connectivity index (χ3v) is 1.77. The molecule has 0 aromatic heterocycles. The van der Waals surface area contributed by atoms with E-state index in [1.807, 2.05) is 0 Å². The average Bonchev–Trinajstić information content (AvgIpc) is 3.08. The van der Waals surface area contributed by atoms with Crippen LogP contribution < -0.4 is 0 Å². The molecular formula is C10H22O5. The highest BCUT2D eigenvalue weighted by Crippen LogP contribution is 2.08. The van der Waals surface area contributed by atoms with Gasteiger partial charge in [-0.1, -0.05) is 13.3 Å². The second-order valence-corrected chi connectivity index (χ2v) is 3.40. The Labute approximate surface area is 90.6 Å². The minimum Gasteiger partial charge on any atom is -0.394 e. The van der Waals surface area contributed by atoms with E-state index < -0.39 is 6.10 Å². The lowest BCUT2D eigenvalue weighted by Crippen LogP contribution is -2.15. The van der Waals surface area contributed by atoms with Crippen molar-refractivity contribution in [2.75, 3.05) is 33.0 Å². The summed E-state index contributed by atoms with van der Waals surface area (Å²) < 4.78 is 10.2. The van der Waals surface area contributed by atoms with Crippen molar-refractivity contribution >= 4 is 0 Å². The molecule has 1 heterocycles. The molecule has 3 N–H and O–H groups in total. The van der Waals surface area contributed by atoms with Crippen LogP contribution in [0.3, 0.4) is 0 Å². The van der Waals surface area contributed by atoms with Gasteiger partial charge in [-0.2, -0.15) is 0 Å². The van der Waals surface area contributed by atoms with Gasteiger partial charge in [-0.3, -0.25) is 0 Å². The summed E-state index contributed by atoms with van der Waals surface area (Å²) in [6.07, 6.45) is 1.87. The molecule has 0 aromatic rings. The maximum absolute atomic E-state index is 8.17. The fourth-order valence-electron chi connectivity index (χ4n) is 0.683. The predicted molar refractivity (Wildman–Crippen MR) is 55.6 cm³/mol. The molecule has 92 valence electrons. The van der Waals surface area contributed by atoms with Crippen LogP contribution in [0.5, 0.6) is 0 Å². The zero-order valence-corrected chi connectivity index (χ0v) is 9.26. The Balaban J connectivity index is 0.000000288. The van der Waals surface area contributed by atoms with Gasteiger partial charge in [0.25, 0.3) is 0 Å². The summed E-state index contributed by atoms with van der Waals surface area (Å²) in [5.41, 5.74) is 0. The lowest BCUT2D eigenvalue weighted by atomic mass is 10.4. The lowest BCUT2D eigenvalue weighted by molar-refractivity contribution is 0.0450. The van der Waals surface area contributed by atoms with Gasteiger partial charge in [-0.25, -0.2) is 0 Å². The van der Waals surface area contributed by atoms with Crippen LogP contribution in [0.4, 0.5) is 0 Å². The van der Waals surface area contributed by atoms with Crippen molar-refractivity contribution in [2.24, 2.45) is 0 Å². The maximum Gasteiger partial charge on any atom is 0.104 e. The van der Waals surface area contributed by atoms with Gasteiger partial charge in [0, 0.05) is 6.61 Å². The fraction of sp³-hybridized carbons (Fsp3) is 1.00. The highest BCUT2D eigenvalue weighted by Gasteiger charge is 2.21. The Hall–Kier alpha value is -0.200. The van der Waals surface area contributed by atoms with Crippen LogP contribution in [0.1, 0.15) is 19.8 Å². The molecule has 15 heavy (non-hydrogen) atoms. The largest absolute Gasteiger partial charge is 0.394 e. The molecule has 1 aliphatic heterocycles. The monoisotopic (exact) mass is 222 g/mol. The van der Waals surface area contributed by atoms with Crippen molar-refractivity contribution in [1.82, 2.24) is 0 Å². The van der Waals surface area contributed by atoms with Gasteiger partial charge in [0.05, 0.1) is 26.4 Å². The predicted octanol–water partition coefficient (Wildman–Crippen LogP) is -0.466. The normalized spacial score (nSPS) is 18.6. The Morgan fingerprint density at radius 2 is 2.00 bits per heavy atom. The molecule has 0 radical (unpaired) electrons. The standard InChI is InChI=1S/C7H14O2.C3H8O3/c1-2-3-4-8-5-7-6-9-7;4-1-3(6)2-5/h7H,2-6H2,1H3;3-6H,1-2H2. The van der Waals surface area contributed by atoms with Crippen molar-refractivity contribution < 1.29 is 24.8 Å². The van der Waals surface area contributed by atoms with Crippen molar-refractivity contribution in [3.8, 4) is 0 Å². The number of epoxide rings is 1. The van der Waals surface area contributed by atoms with Crippen molar-refractivity contribution in [3.05, 3.63) is 0 Å². The van der Waals surface area contributed by atoms with E-state index >= 15 is 0 Å². The SMILES string of the molecule is CCCCOCC1CO1.OCC(O)CO. The second-order valence-electron chi connectivity index (χ2n) is 3.40. The van der Waals surface area contributed by atoms with E-state index in [2.05, 4.69) is 6.92 Å². The first-order valence-electron chi connectivity index (χ1n) is 5.33. The van der Waals surface area contributed by atoms with E-state index in [-0.39, 0.29) is 13.2 Å². The van der Waals surface area contributed by atoms with Crippen LogP contribution in [0.25, 0.3) is 0 Å². The summed E-state index contributed by atoms with van der Waals surface area (Å²) in [6.45, 7) is 4.05. The van der Waals surface area contributed by atoms with Gasteiger partial charge in [0.15, 0.2) is 0 Å². The van der Waals surface area contributed by atoms with Crippen LogP contribution in [-0.4, -0.2) is 60.6 Å². The Morgan fingerprint density at radius 1 is 1.40 bits per heavy atom. The molecule has 1 saturated heterocycles. The van der Waals surface area contributed by atoms with Crippen LogP contribution >= 0.6 is 0 Å². The summed E-state index contributed by atoms with van der Waals surface area (Å²) in [5.74, 6) is 0. The molecule has 0 aliphatic carbocycles. The molecule has 1 unspecified atom stereocenters. The summed E-state index contributed by atoms with van der Waals surface area (Å²) in [7, 11) is 0. The second kappa shape index (κ2) is 10.3. The van der Waals surface area contributed by atoms with Crippen LogP contribution in [0, 0.1) is 0 Å². The van der Waals surface area contributed by atoms with Gasteiger partial charge in [0.1, 0.15) is 12.2 Å². The number of aliphatic hydroxyl groups is 3. The molecule has 0 saturated carbocycles. The lowest BCUT2D eigenvalue weighted by Gasteiger charge is -1.97. The van der Waals surface area contributed by atoms with Crippen molar-refractivity contribution in [2.45, 2.75) is 32.0 Å². The zero-order valence-electron chi connectivity index (χ0n) is 9.26. The Kier molecular flexibility index (Phi) is 10.2. The smallest absolute Gasteiger partial charge is 0.104 e. The quantitative estimate of drug-likeness (QED) is 0.401. The molecule has 1 aliphatic rings. The molecule has 1 rings (SSSR count). The Bertz CT molecular complexity index is 123. The minimum atomic E-state index is -0.954. The molecule has 0 aromatic carbocycles. The van der Waals surface area contributed by atoms with Gasteiger partial charge in [-0.15, -0.1) is 0 Å². The maximum atomic E-state index is 8.17. The third-order valence-electron chi connectivity index (χ3n) is 1.77. The third kappa shape index (κ3) is 11.7. The number of rotatable bonds is 7. The molecular weight excluding hydrogens is 200 g/mol. The first kappa shape index (κ1) is 14.8. The molecule has 0 amide bonds. The number of hydrogen-bond acceptors (Lipinski definition) is 5. The zero-order chi connectivity index (χ0) is 11.5. The van der Waals surface area contributed by atoms with E-state index in [0.29, 0.717) is 6.10 Å². The van der Waals surface area contributed by atoms with Gasteiger partial charge < -0.3 is 24.8 Å². The van der Waals surface area contributed by atoms with E-state index in [0.717, 1.165) is 19.8 Å². The number of ether oxygens (including phenoxy) is 2. The van der Waals surface area contributed by atoms with Gasteiger partial charge in [0.2, 0.25) is 0 Å². The van der Waals surface area contributed by atoms with Crippen molar-refractivity contribution in [1.29, 1.82) is 0 Å². The van der Waals surface area contributed by atoms with Gasteiger partial charge in [-0.05, 0) is 6.42 Å². The minimum absolute atomic E-state index is 0.365. The van der Waals surface area contributed by atoms with E-state index in [9.17, 15) is 0 Å². The molecule has 1 atom stereocenters. The first-order valence-corrected chi connectivity index (χ1v) is 5.33. The molecule has 0 spiro atoms. The summed E-state index contributed by atoms with van der Waals surface area (Å²) in [4.78, 5) is 0. The summed E-state index contributed by atoms with van der Waals surface area (Å²) >= 11 is 0. The topological polar surface area (TPSA) is 82.5 Å². The number of unbranched alkanes of at least 4 members (excludes halogenated alkanes) is 1. The molecule has 5 heteroatoms. The van der Waals surface area contributed by atoms with Crippen LogP contribution in [-0.2, 0) is 9.47 Å². The van der Waals surface area contributed by atoms with E-state index in [1.165, 1.54) is 12.8 Å². The van der Waals surface area contributed by atoms with Crippen LogP contribution in [0.15, 0.2) is 0 Å². The number of hydrogen-bond donors (Lipinski definition) is 3. The molecule has 1 fully saturated rings. The van der Waals surface area contributed by atoms with Crippen LogP contribution in [0.2, 0.25) is 0 Å². The summed E-state index contributed by atoms with van der Waals surface area (Å²) in [5, 5.41) is 24.0. The highest BCUT2D eigenvalue weighted by molar-refractivity contribution is 4.66. The molecule has 5 nitrogen and oxygen atoms in total. The molecule has 0 bridgehead atoms. The van der Waals surface area contributed by atoms with E-state index in [1.54, 1.807) is 0 Å². The number of aliphatic hydroxyl groups excluding tert-OH is 3. The van der Waals surface area contributed by atoms with E-state index in [4.69, 9.17) is 24.8 Å². The Morgan fingerprint density at radius 3 is 2.33 bits per heavy atom. The highest BCUT2D eigenvalue weighted by atomic mass is 16.6. The fourth-order valence-corrected chi connectivity index (χ4v) is 0.683.